The number of hydrogen-bond donors (Lipinski definition) is 0. The Bertz CT molecular complexity index is 446. The van der Waals surface area contributed by atoms with E-state index in [0.29, 0.717) is 10.3 Å². The first-order valence-electron chi connectivity index (χ1n) is 4.05. The summed E-state index contributed by atoms with van der Waals surface area (Å²) in [6.45, 7) is 3.83. The van der Waals surface area contributed by atoms with Crippen LogP contribution in [0.2, 0.25) is 0 Å². The van der Waals surface area contributed by atoms with E-state index < -0.39 is 9.05 Å². The van der Waals surface area contributed by atoms with Gasteiger partial charge in [-0.2, -0.15) is 0 Å². The molecular formula is C9H11Na2O3S2+. The van der Waals surface area contributed by atoms with Crippen LogP contribution in [0.5, 0.6) is 0 Å². The molecule has 0 N–H and O–H groups in total. The molecule has 1 aromatic carbocycles. The van der Waals surface area contributed by atoms with Gasteiger partial charge in [0.1, 0.15) is 0 Å². The molecule has 0 saturated carbocycles. The molecule has 0 radical (unpaired) electrons. The van der Waals surface area contributed by atoms with Crippen LogP contribution in [0.4, 0.5) is 0 Å². The number of hydrogen-bond acceptors (Lipinski definition) is 3. The van der Waals surface area contributed by atoms with Gasteiger partial charge < -0.3 is 9.11 Å². The first kappa shape index (κ1) is 19.8. The Balaban J connectivity index is 0. The Morgan fingerprint density at radius 2 is 1.81 bits per heavy atom. The van der Waals surface area contributed by atoms with E-state index in [1.807, 2.05) is 32.0 Å². The third-order valence-electron chi connectivity index (χ3n) is 1.86. The van der Waals surface area contributed by atoms with Crippen LogP contribution in [0.25, 0.3) is 0 Å². The normalized spacial score (nSPS) is 10.0. The van der Waals surface area contributed by atoms with Gasteiger partial charge >= 0.3 is 59.1 Å². The number of rotatable bonds is 2. The van der Waals surface area contributed by atoms with Crippen LogP contribution in [0.3, 0.4) is 0 Å². The molecule has 0 saturated heterocycles. The van der Waals surface area contributed by atoms with Gasteiger partial charge in [-0.1, -0.05) is 23.8 Å². The Labute approximate surface area is 144 Å². The number of aryl methyl sites for hydroxylation is 2. The van der Waals surface area contributed by atoms with Crippen molar-refractivity contribution in [2.24, 2.45) is 0 Å². The second-order valence-electron chi connectivity index (χ2n) is 3.10. The van der Waals surface area contributed by atoms with Crippen molar-refractivity contribution >= 4 is 19.4 Å². The summed E-state index contributed by atoms with van der Waals surface area (Å²) in [7, 11) is -3.76. The molecule has 16 heavy (non-hydrogen) atoms. The summed E-state index contributed by atoms with van der Waals surface area (Å²) in [6.07, 6.45) is 0. The molecule has 0 aliphatic heterocycles. The Morgan fingerprint density at radius 3 is 2.31 bits per heavy atom. The van der Waals surface area contributed by atoms with Crippen molar-refractivity contribution in [1.29, 1.82) is 0 Å². The van der Waals surface area contributed by atoms with Crippen LogP contribution >= 0.6 is 0 Å². The average Bonchev–Trinajstić information content (AvgIpc) is 2.05. The van der Waals surface area contributed by atoms with Crippen molar-refractivity contribution in [3.8, 4) is 0 Å². The molecule has 1 rings (SSSR count). The number of benzene rings is 1. The average molecular weight is 277 g/mol. The van der Waals surface area contributed by atoms with E-state index in [1.165, 1.54) is 0 Å². The van der Waals surface area contributed by atoms with Crippen molar-refractivity contribution in [1.82, 2.24) is 0 Å². The van der Waals surface area contributed by atoms with Crippen molar-refractivity contribution in [3.63, 3.8) is 0 Å². The summed E-state index contributed by atoms with van der Waals surface area (Å²) in [6, 6.07) is 5.77. The van der Waals surface area contributed by atoms with Crippen LogP contribution in [0.1, 0.15) is 16.7 Å². The van der Waals surface area contributed by atoms with Gasteiger partial charge in [0.15, 0.2) is 0 Å². The van der Waals surface area contributed by atoms with Crippen LogP contribution in [0.15, 0.2) is 18.2 Å². The molecule has 78 valence electrons. The summed E-state index contributed by atoms with van der Waals surface area (Å²) in [4.78, 5) is 0. The zero-order chi connectivity index (χ0) is 10.8. The second kappa shape index (κ2) is 8.58. The van der Waals surface area contributed by atoms with Crippen molar-refractivity contribution < 1.29 is 72.4 Å². The molecule has 3 nitrogen and oxygen atoms in total. The van der Waals surface area contributed by atoms with Gasteiger partial charge in [0.25, 0.3) is 0 Å². The molecule has 0 amide bonds. The van der Waals surface area contributed by atoms with Crippen molar-refractivity contribution in [2.45, 2.75) is 19.6 Å². The van der Waals surface area contributed by atoms with E-state index in [4.69, 9.17) is 0 Å². The SMILES string of the molecule is Cc1ccc(C)c(C[S+]=S(=O)([O-])[O-])c1.[Na+].[Na+]. The molecule has 0 atom stereocenters. The minimum Gasteiger partial charge on any atom is -0.746 e. The van der Waals surface area contributed by atoms with Gasteiger partial charge in [-0.3, -0.25) is 0 Å². The molecule has 0 aliphatic rings. The molecule has 1 aromatic rings. The molecular weight excluding hydrogens is 266 g/mol. The van der Waals surface area contributed by atoms with Crippen LogP contribution in [-0.2, 0) is 25.1 Å². The Kier molecular flexibility index (Phi) is 10.6. The van der Waals surface area contributed by atoms with Crippen LogP contribution in [0, 0.1) is 13.8 Å². The predicted molar refractivity (Wildman–Crippen MR) is 56.7 cm³/mol. The van der Waals surface area contributed by atoms with Crippen molar-refractivity contribution in [3.05, 3.63) is 34.9 Å². The third kappa shape index (κ3) is 7.76. The standard InChI is InChI=1S/C9H12O3S2.2Na/c1-7-3-4-8(2)9(5-7)6-13-14(10,11)12;;/h3-5H,6H2,1-2H3,(H-,10,11,12);;/q;2*+1/p-1. The maximum Gasteiger partial charge on any atom is 1.00 e. The monoisotopic (exact) mass is 277 g/mol. The molecule has 0 fully saturated rings. The zero-order valence-electron chi connectivity index (χ0n) is 9.98. The van der Waals surface area contributed by atoms with E-state index >= 15 is 0 Å². The van der Waals surface area contributed by atoms with Gasteiger partial charge in [-0.25, -0.2) is 4.21 Å². The largest absolute Gasteiger partial charge is 1.00 e. The summed E-state index contributed by atoms with van der Waals surface area (Å²) in [5.74, 6) is 0.222. The van der Waals surface area contributed by atoms with E-state index in [9.17, 15) is 13.3 Å². The van der Waals surface area contributed by atoms with Gasteiger partial charge in [0.2, 0.25) is 16.1 Å². The van der Waals surface area contributed by atoms with Gasteiger partial charge in [-0.05, 0) is 19.4 Å². The van der Waals surface area contributed by atoms with Gasteiger partial charge in [-0.15, -0.1) is 0 Å². The minimum absolute atomic E-state index is 0. The third-order valence-corrected chi connectivity index (χ3v) is 3.80. The summed E-state index contributed by atoms with van der Waals surface area (Å²) >= 11 is 0. The zero-order valence-corrected chi connectivity index (χ0v) is 15.6. The summed E-state index contributed by atoms with van der Waals surface area (Å²) < 4.78 is 31.2. The Hall–Kier alpha value is 1.51. The molecule has 0 heterocycles. The fraction of sp³-hybridized carbons (Fsp3) is 0.333. The van der Waals surface area contributed by atoms with E-state index in [2.05, 4.69) is 0 Å². The molecule has 0 bridgehead atoms. The van der Waals surface area contributed by atoms with E-state index in [0.717, 1.165) is 16.7 Å². The smallest absolute Gasteiger partial charge is 0.746 e. The molecule has 7 heteroatoms. The topological polar surface area (TPSA) is 63.2 Å². The Morgan fingerprint density at radius 1 is 1.25 bits per heavy atom. The van der Waals surface area contributed by atoms with Crippen molar-refractivity contribution in [2.75, 3.05) is 0 Å². The van der Waals surface area contributed by atoms with Crippen LogP contribution in [-0.4, -0.2) is 13.3 Å². The molecule has 0 spiro atoms. The fourth-order valence-corrected chi connectivity index (χ4v) is 2.49. The first-order valence-corrected chi connectivity index (χ1v) is 6.96. The maximum absolute atomic E-state index is 10.4. The first-order chi connectivity index (χ1) is 6.38. The van der Waals surface area contributed by atoms with Gasteiger partial charge in [0.05, 0.1) is 9.05 Å². The summed E-state index contributed by atoms with van der Waals surface area (Å²) in [5.41, 5.74) is 2.97. The summed E-state index contributed by atoms with van der Waals surface area (Å²) in [5, 5.41) is 0. The quantitative estimate of drug-likeness (QED) is 0.403. The van der Waals surface area contributed by atoms with Gasteiger partial charge in [0, 0.05) is 5.56 Å². The molecule has 0 aromatic heterocycles. The minimum atomic E-state index is -4.19. The predicted octanol–water partition coefficient (Wildman–Crippen LogP) is -4.65. The second-order valence-corrected chi connectivity index (χ2v) is 6.37. The maximum atomic E-state index is 10.4. The molecule has 0 aliphatic carbocycles. The fourth-order valence-electron chi connectivity index (χ4n) is 1.09. The van der Waals surface area contributed by atoms with E-state index in [1.54, 1.807) is 0 Å². The van der Waals surface area contributed by atoms with Crippen LogP contribution < -0.4 is 59.1 Å². The molecule has 0 unspecified atom stereocenters. The van der Waals surface area contributed by atoms with E-state index in [-0.39, 0.29) is 64.9 Å².